The van der Waals surface area contributed by atoms with Gasteiger partial charge in [-0.05, 0) is 31.8 Å². The minimum absolute atomic E-state index is 0.484. The first kappa shape index (κ1) is 10.6. The van der Waals surface area contributed by atoms with Gasteiger partial charge in [0, 0.05) is 12.6 Å². The highest BCUT2D eigenvalue weighted by atomic mass is 35.5. The molecular weight excluding hydrogens is 212 g/mol. The van der Waals surface area contributed by atoms with E-state index >= 15 is 0 Å². The highest BCUT2D eigenvalue weighted by molar-refractivity contribution is 6.29. The summed E-state index contributed by atoms with van der Waals surface area (Å²) in [6, 6.07) is 1.75. The molecule has 0 amide bonds. The molecule has 0 spiro atoms. The molecule has 0 aliphatic carbocycles. The van der Waals surface area contributed by atoms with Gasteiger partial charge in [-0.2, -0.15) is 0 Å². The van der Waals surface area contributed by atoms with Gasteiger partial charge in [0.2, 0.25) is 0 Å². The largest absolute Gasteiger partial charge is 0.370 e. The van der Waals surface area contributed by atoms with Crippen LogP contribution in [0.25, 0.3) is 0 Å². The van der Waals surface area contributed by atoms with Crippen LogP contribution in [0.1, 0.15) is 12.8 Å². The second-order valence-corrected chi connectivity index (χ2v) is 4.19. The molecule has 0 saturated carbocycles. The number of rotatable bonds is 3. The Morgan fingerprint density at radius 1 is 1.40 bits per heavy atom. The normalized spacial score (nSPS) is 17.7. The fourth-order valence-corrected chi connectivity index (χ4v) is 1.91. The number of aromatic nitrogens is 2. The first-order valence-corrected chi connectivity index (χ1v) is 5.64. The summed E-state index contributed by atoms with van der Waals surface area (Å²) in [5, 5.41) is 7.12. The zero-order chi connectivity index (χ0) is 10.5. The maximum atomic E-state index is 5.77. The lowest BCUT2D eigenvalue weighted by atomic mass is 9.98. The summed E-state index contributed by atoms with van der Waals surface area (Å²) in [6.07, 6.45) is 3.94. The van der Waals surface area contributed by atoms with Crippen molar-refractivity contribution in [2.45, 2.75) is 12.8 Å². The van der Waals surface area contributed by atoms with E-state index in [0.29, 0.717) is 5.15 Å². The van der Waals surface area contributed by atoms with Crippen molar-refractivity contribution in [1.82, 2.24) is 15.3 Å². The summed E-state index contributed by atoms with van der Waals surface area (Å²) in [5.74, 6) is 1.55. The van der Waals surface area contributed by atoms with Crippen LogP contribution in [0.5, 0.6) is 0 Å². The summed E-state index contributed by atoms with van der Waals surface area (Å²) < 4.78 is 0. The van der Waals surface area contributed by atoms with Crippen LogP contribution in [-0.2, 0) is 0 Å². The lowest BCUT2D eigenvalue weighted by molar-refractivity contribution is 0.389. The molecule has 1 aromatic heterocycles. The van der Waals surface area contributed by atoms with E-state index < -0.39 is 0 Å². The zero-order valence-electron chi connectivity index (χ0n) is 8.54. The molecule has 5 heteroatoms. The standard InChI is InChI=1S/C10H15ClN4/c11-9-5-10(15-7-14-9)13-6-8-1-3-12-4-2-8/h5,7-8,12H,1-4,6H2,(H,13,14,15). The SMILES string of the molecule is Clc1cc(NCC2CCNCC2)ncn1. The second kappa shape index (κ2) is 5.28. The van der Waals surface area contributed by atoms with Crippen molar-refractivity contribution in [3.63, 3.8) is 0 Å². The Labute approximate surface area is 94.5 Å². The summed E-state index contributed by atoms with van der Waals surface area (Å²) >= 11 is 5.77. The van der Waals surface area contributed by atoms with Gasteiger partial charge in [0.15, 0.2) is 0 Å². The molecule has 0 aromatic carbocycles. The van der Waals surface area contributed by atoms with Gasteiger partial charge in [-0.15, -0.1) is 0 Å². The molecule has 0 atom stereocenters. The Morgan fingerprint density at radius 3 is 2.93 bits per heavy atom. The summed E-state index contributed by atoms with van der Waals surface area (Å²) in [5.41, 5.74) is 0. The van der Waals surface area contributed by atoms with Crippen molar-refractivity contribution >= 4 is 17.4 Å². The van der Waals surface area contributed by atoms with Gasteiger partial charge >= 0.3 is 0 Å². The Bertz CT molecular complexity index is 312. The van der Waals surface area contributed by atoms with Gasteiger partial charge in [0.1, 0.15) is 17.3 Å². The number of anilines is 1. The lowest BCUT2D eigenvalue weighted by Gasteiger charge is -2.22. The Morgan fingerprint density at radius 2 is 2.20 bits per heavy atom. The van der Waals surface area contributed by atoms with E-state index in [-0.39, 0.29) is 0 Å². The first-order chi connectivity index (χ1) is 7.34. The molecule has 0 bridgehead atoms. The summed E-state index contributed by atoms with van der Waals surface area (Å²) in [6.45, 7) is 3.21. The number of hydrogen-bond donors (Lipinski definition) is 2. The minimum Gasteiger partial charge on any atom is -0.370 e. The van der Waals surface area contributed by atoms with E-state index in [0.717, 1.165) is 31.4 Å². The maximum absolute atomic E-state index is 5.77. The van der Waals surface area contributed by atoms with E-state index in [4.69, 9.17) is 11.6 Å². The third kappa shape index (κ3) is 3.32. The fourth-order valence-electron chi connectivity index (χ4n) is 1.76. The van der Waals surface area contributed by atoms with Crippen LogP contribution >= 0.6 is 11.6 Å². The molecule has 2 N–H and O–H groups in total. The molecule has 1 aliphatic rings. The van der Waals surface area contributed by atoms with E-state index in [1.807, 2.05) is 0 Å². The molecule has 0 radical (unpaired) electrons. The minimum atomic E-state index is 0.484. The predicted octanol–water partition coefficient (Wildman–Crippen LogP) is 1.54. The third-order valence-electron chi connectivity index (χ3n) is 2.66. The molecule has 0 unspecified atom stereocenters. The van der Waals surface area contributed by atoms with Gasteiger partial charge in [-0.25, -0.2) is 9.97 Å². The Kier molecular flexibility index (Phi) is 3.75. The molecule has 1 saturated heterocycles. The third-order valence-corrected chi connectivity index (χ3v) is 2.87. The van der Waals surface area contributed by atoms with Crippen LogP contribution in [0.3, 0.4) is 0 Å². The number of hydrogen-bond acceptors (Lipinski definition) is 4. The second-order valence-electron chi connectivity index (χ2n) is 3.80. The Balaban J connectivity index is 1.81. The highest BCUT2D eigenvalue weighted by Crippen LogP contribution is 2.14. The van der Waals surface area contributed by atoms with Crippen molar-refractivity contribution in [2.24, 2.45) is 5.92 Å². The topological polar surface area (TPSA) is 49.8 Å². The Hall–Kier alpha value is -0.870. The smallest absolute Gasteiger partial charge is 0.134 e. The monoisotopic (exact) mass is 226 g/mol. The first-order valence-electron chi connectivity index (χ1n) is 5.27. The number of halogens is 1. The van der Waals surface area contributed by atoms with Gasteiger partial charge < -0.3 is 10.6 Å². The molecular formula is C10H15ClN4. The van der Waals surface area contributed by atoms with Crippen molar-refractivity contribution < 1.29 is 0 Å². The quantitative estimate of drug-likeness (QED) is 0.768. The maximum Gasteiger partial charge on any atom is 0.134 e. The molecule has 2 rings (SSSR count). The lowest BCUT2D eigenvalue weighted by Crippen LogP contribution is -2.31. The van der Waals surface area contributed by atoms with Gasteiger partial charge in [-0.1, -0.05) is 11.6 Å². The fraction of sp³-hybridized carbons (Fsp3) is 0.600. The molecule has 82 valence electrons. The van der Waals surface area contributed by atoms with Crippen molar-refractivity contribution in [3.8, 4) is 0 Å². The van der Waals surface area contributed by atoms with Crippen molar-refractivity contribution in [3.05, 3.63) is 17.5 Å². The van der Waals surface area contributed by atoms with E-state index in [1.54, 1.807) is 6.07 Å². The summed E-state index contributed by atoms with van der Waals surface area (Å²) in [7, 11) is 0. The predicted molar refractivity (Wildman–Crippen MR) is 61.1 cm³/mol. The summed E-state index contributed by atoms with van der Waals surface area (Å²) in [4.78, 5) is 7.94. The van der Waals surface area contributed by atoms with Crippen LogP contribution < -0.4 is 10.6 Å². The average Bonchev–Trinajstić information content (AvgIpc) is 2.28. The molecule has 15 heavy (non-hydrogen) atoms. The van der Waals surface area contributed by atoms with Crippen LogP contribution in [-0.4, -0.2) is 29.6 Å². The van der Waals surface area contributed by atoms with Gasteiger partial charge in [-0.3, -0.25) is 0 Å². The van der Waals surface area contributed by atoms with Gasteiger partial charge in [0.05, 0.1) is 0 Å². The highest BCUT2D eigenvalue weighted by Gasteiger charge is 2.12. The molecule has 2 heterocycles. The number of piperidine rings is 1. The van der Waals surface area contributed by atoms with Crippen LogP contribution in [0.2, 0.25) is 5.15 Å². The van der Waals surface area contributed by atoms with Crippen molar-refractivity contribution in [2.75, 3.05) is 25.0 Å². The molecule has 1 fully saturated rings. The van der Waals surface area contributed by atoms with Crippen LogP contribution in [0, 0.1) is 5.92 Å². The molecule has 4 nitrogen and oxygen atoms in total. The molecule has 1 aliphatic heterocycles. The zero-order valence-corrected chi connectivity index (χ0v) is 9.30. The number of nitrogens with one attached hydrogen (secondary N) is 2. The van der Waals surface area contributed by atoms with E-state index in [1.165, 1.54) is 19.2 Å². The average molecular weight is 227 g/mol. The van der Waals surface area contributed by atoms with E-state index in [9.17, 15) is 0 Å². The van der Waals surface area contributed by atoms with Gasteiger partial charge in [0.25, 0.3) is 0 Å². The van der Waals surface area contributed by atoms with Crippen LogP contribution in [0.15, 0.2) is 12.4 Å². The molecule has 1 aromatic rings. The van der Waals surface area contributed by atoms with E-state index in [2.05, 4.69) is 20.6 Å². The van der Waals surface area contributed by atoms with Crippen LogP contribution in [0.4, 0.5) is 5.82 Å². The number of nitrogens with zero attached hydrogens (tertiary/aromatic N) is 2. The van der Waals surface area contributed by atoms with Crippen molar-refractivity contribution in [1.29, 1.82) is 0 Å².